The first-order valence-corrected chi connectivity index (χ1v) is 16.0. The van der Waals surface area contributed by atoms with Crippen LogP contribution in [0.2, 0.25) is 10.0 Å². The lowest BCUT2D eigenvalue weighted by molar-refractivity contribution is 0.0774. The Balaban J connectivity index is 0.00000204. The summed E-state index contributed by atoms with van der Waals surface area (Å²) in [5.74, 6) is 0.836. The molecule has 1 aliphatic rings. The Morgan fingerprint density at radius 1 is 1.00 bits per heavy atom. The van der Waals surface area contributed by atoms with Crippen LogP contribution in [0.4, 0.5) is 11.5 Å². The lowest BCUT2D eigenvalue weighted by atomic mass is 10.0. The van der Waals surface area contributed by atoms with E-state index in [-0.39, 0.29) is 5.56 Å². The molecule has 2 aromatic carbocycles. The minimum absolute atomic E-state index is 0.262. The summed E-state index contributed by atoms with van der Waals surface area (Å²) >= 11 is 14.0. The van der Waals surface area contributed by atoms with E-state index in [1.807, 2.05) is 63.2 Å². The maximum absolute atomic E-state index is 13.0. The number of pyridine rings is 1. The predicted octanol–water partition coefficient (Wildman–Crippen LogP) is 7.11. The van der Waals surface area contributed by atoms with Crippen molar-refractivity contribution in [1.82, 2.24) is 30.0 Å². The molecule has 1 fully saturated rings. The number of halogens is 2. The van der Waals surface area contributed by atoms with Crippen LogP contribution in [-0.2, 0) is 18.3 Å². The average Bonchev–Trinajstić information content (AvgIpc) is 3.08. The number of nitrogens with zero attached hydrogens (tertiary/aromatic N) is 5. The molecule has 0 saturated carbocycles. The van der Waals surface area contributed by atoms with E-state index in [2.05, 4.69) is 25.7 Å². The molecular formula is C34H37Cl2N7O3. The normalized spacial score (nSPS) is 13.3. The molecule has 240 valence electrons. The van der Waals surface area contributed by atoms with E-state index in [1.54, 1.807) is 26.6 Å². The monoisotopic (exact) mass is 661 g/mol. The van der Waals surface area contributed by atoms with Crippen LogP contribution in [0.25, 0.3) is 33.2 Å². The van der Waals surface area contributed by atoms with Gasteiger partial charge in [-0.05, 0) is 31.9 Å². The fourth-order valence-corrected chi connectivity index (χ4v) is 5.93. The highest BCUT2D eigenvalue weighted by atomic mass is 35.5. The van der Waals surface area contributed by atoms with Crippen LogP contribution in [0.15, 0.2) is 59.7 Å². The SMILES string of the molecule is CC.COc1nc(-c2cccc(-c3cccc(Nc4nc(C)cc5cnn(C)c(=O)c45)c3Cl)c2Cl)cnc1CNC1CCOCC1. The highest BCUT2D eigenvalue weighted by molar-refractivity contribution is 6.39. The standard InChI is InChI=1S/C32H31Cl2N7O3.C2H6/c1-18-14-19-15-37-41(2)32(42)27(19)30(38-18)39-24-9-5-7-22(29(24)34)21-6-4-8-23(28(21)33)25-16-36-26(31(40-25)43-3)17-35-20-10-12-44-13-11-20;1-2/h4-9,14-16,20,35H,10-13,17H2,1-3H3,(H,38,39);1-2H3. The van der Waals surface area contributed by atoms with E-state index in [0.717, 1.165) is 37.4 Å². The molecule has 0 unspecified atom stereocenters. The van der Waals surface area contributed by atoms with Crippen molar-refractivity contribution in [2.45, 2.75) is 46.2 Å². The Kier molecular flexibility index (Phi) is 10.9. The smallest absolute Gasteiger partial charge is 0.278 e. The van der Waals surface area contributed by atoms with Crippen molar-refractivity contribution >= 4 is 45.5 Å². The Morgan fingerprint density at radius 3 is 2.43 bits per heavy atom. The van der Waals surface area contributed by atoms with E-state index in [4.69, 9.17) is 37.7 Å². The molecule has 10 nitrogen and oxygen atoms in total. The second-order valence-corrected chi connectivity index (χ2v) is 11.3. The predicted molar refractivity (Wildman–Crippen MR) is 184 cm³/mol. The number of hydrogen-bond acceptors (Lipinski definition) is 9. The summed E-state index contributed by atoms with van der Waals surface area (Å²) in [4.78, 5) is 27.0. The third-order valence-electron chi connectivity index (χ3n) is 7.66. The summed E-state index contributed by atoms with van der Waals surface area (Å²) in [6.45, 7) is 7.92. The van der Waals surface area contributed by atoms with E-state index >= 15 is 0 Å². The zero-order valence-electron chi connectivity index (χ0n) is 26.5. The Labute approximate surface area is 278 Å². The first-order chi connectivity index (χ1) is 22.3. The number of fused-ring (bicyclic) bond motifs is 1. The fourth-order valence-electron chi connectivity index (χ4n) is 5.33. The number of benzene rings is 2. The summed E-state index contributed by atoms with van der Waals surface area (Å²) in [5, 5.41) is 12.9. The van der Waals surface area contributed by atoms with Gasteiger partial charge in [0.15, 0.2) is 0 Å². The number of ether oxygens (including phenoxy) is 2. The quantitative estimate of drug-likeness (QED) is 0.179. The number of anilines is 2. The molecule has 0 aliphatic carbocycles. The molecule has 12 heteroatoms. The first-order valence-electron chi connectivity index (χ1n) is 15.2. The van der Waals surface area contributed by atoms with Crippen LogP contribution in [0.5, 0.6) is 5.88 Å². The molecule has 0 atom stereocenters. The molecule has 4 heterocycles. The van der Waals surface area contributed by atoms with Gasteiger partial charge >= 0.3 is 0 Å². The van der Waals surface area contributed by atoms with Gasteiger partial charge in [-0.15, -0.1) is 0 Å². The Morgan fingerprint density at radius 2 is 1.70 bits per heavy atom. The molecule has 2 N–H and O–H groups in total. The van der Waals surface area contributed by atoms with Crippen molar-refractivity contribution in [3.63, 3.8) is 0 Å². The lowest BCUT2D eigenvalue weighted by Crippen LogP contribution is -2.34. The zero-order chi connectivity index (χ0) is 32.8. The molecule has 3 aromatic heterocycles. The summed E-state index contributed by atoms with van der Waals surface area (Å²) < 4.78 is 12.3. The van der Waals surface area contributed by atoms with Crippen LogP contribution in [0.1, 0.15) is 38.1 Å². The highest BCUT2D eigenvalue weighted by Gasteiger charge is 2.20. The van der Waals surface area contributed by atoms with Gasteiger partial charge in [0, 0.05) is 60.6 Å². The van der Waals surface area contributed by atoms with E-state index < -0.39 is 0 Å². The number of hydrogen-bond donors (Lipinski definition) is 2. The van der Waals surface area contributed by atoms with Gasteiger partial charge in [-0.25, -0.2) is 14.6 Å². The Bertz CT molecular complexity index is 1910. The maximum atomic E-state index is 13.0. The van der Waals surface area contributed by atoms with Crippen molar-refractivity contribution < 1.29 is 9.47 Å². The van der Waals surface area contributed by atoms with Crippen molar-refractivity contribution in [2.75, 3.05) is 25.6 Å². The van der Waals surface area contributed by atoms with Crippen LogP contribution in [-0.4, -0.2) is 51.1 Å². The minimum Gasteiger partial charge on any atom is -0.480 e. The van der Waals surface area contributed by atoms with Gasteiger partial charge in [-0.2, -0.15) is 5.10 Å². The van der Waals surface area contributed by atoms with Crippen LogP contribution in [0, 0.1) is 6.92 Å². The Hall–Kier alpha value is -4.09. The van der Waals surface area contributed by atoms with Crippen LogP contribution >= 0.6 is 23.2 Å². The van der Waals surface area contributed by atoms with Crippen LogP contribution < -0.4 is 20.9 Å². The molecule has 0 spiro atoms. The number of nitrogens with one attached hydrogen (secondary N) is 2. The second-order valence-electron chi connectivity index (χ2n) is 10.6. The van der Waals surface area contributed by atoms with Crippen molar-refractivity contribution in [3.8, 4) is 28.3 Å². The van der Waals surface area contributed by atoms with Gasteiger partial charge in [0.1, 0.15) is 11.5 Å². The average molecular weight is 663 g/mol. The van der Waals surface area contributed by atoms with Crippen molar-refractivity contribution in [2.24, 2.45) is 7.05 Å². The lowest BCUT2D eigenvalue weighted by Gasteiger charge is -2.23. The second kappa shape index (κ2) is 15.0. The largest absolute Gasteiger partial charge is 0.480 e. The molecule has 5 aromatic rings. The topological polar surface area (TPSA) is 116 Å². The van der Waals surface area contributed by atoms with Crippen molar-refractivity contribution in [1.29, 1.82) is 0 Å². The molecule has 6 rings (SSSR count). The van der Waals surface area contributed by atoms with E-state index in [0.29, 0.717) is 73.2 Å². The maximum Gasteiger partial charge on any atom is 0.278 e. The number of aromatic nitrogens is 5. The molecule has 0 radical (unpaired) electrons. The molecule has 0 bridgehead atoms. The highest BCUT2D eigenvalue weighted by Crippen LogP contribution is 2.42. The molecule has 46 heavy (non-hydrogen) atoms. The van der Waals surface area contributed by atoms with Gasteiger partial charge in [-0.1, -0.05) is 67.4 Å². The van der Waals surface area contributed by atoms with Crippen LogP contribution in [0.3, 0.4) is 0 Å². The van der Waals surface area contributed by atoms with E-state index in [9.17, 15) is 4.79 Å². The van der Waals surface area contributed by atoms with Crippen molar-refractivity contribution in [3.05, 3.63) is 86.6 Å². The van der Waals surface area contributed by atoms with Gasteiger partial charge in [0.2, 0.25) is 5.88 Å². The molecule has 0 amide bonds. The van der Waals surface area contributed by atoms with Gasteiger partial charge in [0.25, 0.3) is 5.56 Å². The third kappa shape index (κ3) is 7.00. The number of aryl methyl sites for hydroxylation is 2. The summed E-state index contributed by atoms with van der Waals surface area (Å²) in [5.41, 5.74) is 4.46. The summed E-state index contributed by atoms with van der Waals surface area (Å²) in [6.07, 6.45) is 5.28. The van der Waals surface area contributed by atoms with Gasteiger partial charge < -0.3 is 20.1 Å². The summed E-state index contributed by atoms with van der Waals surface area (Å²) in [7, 11) is 3.19. The minimum atomic E-state index is -0.262. The third-order valence-corrected chi connectivity index (χ3v) is 8.47. The molecule has 1 aliphatic heterocycles. The number of rotatable bonds is 8. The van der Waals surface area contributed by atoms with Gasteiger partial charge in [-0.3, -0.25) is 9.78 Å². The fraction of sp³-hybridized carbons (Fsp3) is 0.324. The zero-order valence-corrected chi connectivity index (χ0v) is 28.0. The summed E-state index contributed by atoms with van der Waals surface area (Å²) in [6, 6.07) is 13.5. The first kappa shape index (κ1) is 33.3. The van der Waals surface area contributed by atoms with Gasteiger partial charge in [0.05, 0.1) is 46.3 Å². The number of methoxy groups -OCH3 is 1. The molecular weight excluding hydrogens is 625 g/mol. The molecule has 1 saturated heterocycles. The van der Waals surface area contributed by atoms with E-state index in [1.165, 1.54) is 4.68 Å².